The topological polar surface area (TPSA) is 91.6 Å². The van der Waals surface area contributed by atoms with Gasteiger partial charge in [-0.3, -0.25) is 9.59 Å². The van der Waals surface area contributed by atoms with Gasteiger partial charge in [0.25, 0.3) is 5.91 Å². The van der Waals surface area contributed by atoms with Crippen LogP contribution >= 0.6 is 0 Å². The fourth-order valence-electron chi connectivity index (χ4n) is 1.58. The highest BCUT2D eigenvalue weighted by molar-refractivity contribution is 5.95. The summed E-state index contributed by atoms with van der Waals surface area (Å²) in [5.41, 5.74) is -0.471. The third kappa shape index (κ3) is 2.70. The fourth-order valence-corrected chi connectivity index (χ4v) is 1.58. The molecular weight excluding hydrogens is 236 g/mol. The molecule has 6 nitrogen and oxygen atoms in total. The largest absolute Gasteiger partial charge is 0.459 e. The Morgan fingerprint density at radius 3 is 2.78 bits per heavy atom. The van der Waals surface area contributed by atoms with E-state index in [0.29, 0.717) is 0 Å². The second-order valence-electron chi connectivity index (χ2n) is 4.60. The molecule has 0 saturated heterocycles. The van der Waals surface area contributed by atoms with Crippen molar-refractivity contribution < 1.29 is 19.1 Å². The molecule has 1 saturated carbocycles. The molecule has 0 bridgehead atoms. The maximum atomic E-state index is 11.8. The number of aliphatic hydroxyl groups excluding tert-OH is 1. The van der Waals surface area contributed by atoms with E-state index >= 15 is 0 Å². The molecule has 1 aliphatic rings. The van der Waals surface area contributed by atoms with E-state index in [1.807, 2.05) is 0 Å². The van der Waals surface area contributed by atoms with Crippen LogP contribution in [0.1, 0.15) is 30.3 Å². The van der Waals surface area contributed by atoms with Crippen LogP contribution in [0.5, 0.6) is 0 Å². The molecule has 1 aromatic rings. The van der Waals surface area contributed by atoms with Gasteiger partial charge >= 0.3 is 0 Å². The number of nitrogens with one attached hydrogen (secondary N) is 2. The number of hydrogen-bond donors (Lipinski definition) is 3. The SMILES string of the molecule is CC(NC(=O)c1ccco1)C(=O)NC1(CO)CC1. The van der Waals surface area contributed by atoms with Gasteiger partial charge in [-0.2, -0.15) is 0 Å². The Morgan fingerprint density at radius 2 is 2.28 bits per heavy atom. The van der Waals surface area contributed by atoms with Gasteiger partial charge in [-0.05, 0) is 31.9 Å². The second kappa shape index (κ2) is 4.81. The van der Waals surface area contributed by atoms with E-state index in [2.05, 4.69) is 10.6 Å². The summed E-state index contributed by atoms with van der Waals surface area (Å²) < 4.78 is 4.93. The predicted octanol–water partition coefficient (Wildman–Crippen LogP) is 0.0390. The summed E-state index contributed by atoms with van der Waals surface area (Å²) >= 11 is 0. The highest BCUT2D eigenvalue weighted by Gasteiger charge is 2.44. The van der Waals surface area contributed by atoms with E-state index in [4.69, 9.17) is 9.52 Å². The average Bonchev–Trinajstić information content (AvgIpc) is 2.92. The highest BCUT2D eigenvalue weighted by Crippen LogP contribution is 2.34. The van der Waals surface area contributed by atoms with E-state index in [1.54, 1.807) is 13.0 Å². The third-order valence-corrected chi connectivity index (χ3v) is 3.03. The maximum absolute atomic E-state index is 11.8. The number of furan rings is 1. The van der Waals surface area contributed by atoms with Crippen LogP contribution in [-0.2, 0) is 4.79 Å². The van der Waals surface area contributed by atoms with Crippen LogP contribution in [0.2, 0.25) is 0 Å². The zero-order chi connectivity index (χ0) is 13.2. The van der Waals surface area contributed by atoms with Gasteiger partial charge in [-0.1, -0.05) is 0 Å². The number of hydrogen-bond acceptors (Lipinski definition) is 4. The lowest BCUT2D eigenvalue weighted by atomic mass is 10.2. The summed E-state index contributed by atoms with van der Waals surface area (Å²) in [6, 6.07) is 2.45. The van der Waals surface area contributed by atoms with Gasteiger partial charge in [0.15, 0.2) is 5.76 Å². The van der Waals surface area contributed by atoms with Crippen LogP contribution in [0.4, 0.5) is 0 Å². The molecule has 0 radical (unpaired) electrons. The van der Waals surface area contributed by atoms with Crippen molar-refractivity contribution >= 4 is 11.8 Å². The molecule has 0 aliphatic heterocycles. The van der Waals surface area contributed by atoms with Crippen molar-refractivity contribution in [3.63, 3.8) is 0 Å². The second-order valence-corrected chi connectivity index (χ2v) is 4.60. The Bertz CT molecular complexity index is 437. The number of carbonyl (C=O) groups excluding carboxylic acids is 2. The highest BCUT2D eigenvalue weighted by atomic mass is 16.3. The first-order valence-electron chi connectivity index (χ1n) is 5.84. The monoisotopic (exact) mass is 252 g/mol. The molecule has 3 N–H and O–H groups in total. The van der Waals surface area contributed by atoms with E-state index in [-0.39, 0.29) is 18.3 Å². The number of amides is 2. The minimum Gasteiger partial charge on any atom is -0.459 e. The summed E-state index contributed by atoms with van der Waals surface area (Å²) in [7, 11) is 0. The van der Waals surface area contributed by atoms with Crippen LogP contribution in [0.25, 0.3) is 0 Å². The molecule has 98 valence electrons. The standard InChI is InChI=1S/C12H16N2O4/c1-8(10(16)14-12(7-15)4-5-12)13-11(17)9-3-2-6-18-9/h2-3,6,8,15H,4-5,7H2,1H3,(H,13,17)(H,14,16). The van der Waals surface area contributed by atoms with Crippen LogP contribution in [0.3, 0.4) is 0 Å². The molecule has 0 aromatic carbocycles. The quantitative estimate of drug-likeness (QED) is 0.690. The van der Waals surface area contributed by atoms with E-state index in [1.165, 1.54) is 12.3 Å². The molecule has 1 fully saturated rings. The molecule has 1 heterocycles. The molecule has 6 heteroatoms. The van der Waals surface area contributed by atoms with Gasteiger partial charge in [-0.15, -0.1) is 0 Å². The Hall–Kier alpha value is -1.82. The van der Waals surface area contributed by atoms with E-state index in [9.17, 15) is 9.59 Å². The summed E-state index contributed by atoms with van der Waals surface area (Å²) in [6.07, 6.45) is 2.94. The molecular formula is C12H16N2O4. The first-order valence-corrected chi connectivity index (χ1v) is 5.84. The van der Waals surface area contributed by atoms with Gasteiger partial charge in [0.05, 0.1) is 18.4 Å². The minimum atomic E-state index is -0.674. The Labute approximate surface area is 104 Å². The Balaban J connectivity index is 1.86. The summed E-state index contributed by atoms with van der Waals surface area (Å²) in [6.45, 7) is 1.52. The van der Waals surface area contributed by atoms with E-state index < -0.39 is 17.5 Å². The summed E-state index contributed by atoms with van der Waals surface area (Å²) in [4.78, 5) is 23.4. The molecule has 2 rings (SSSR count). The molecule has 18 heavy (non-hydrogen) atoms. The minimum absolute atomic E-state index is 0.0718. The average molecular weight is 252 g/mol. The van der Waals surface area contributed by atoms with Crippen molar-refractivity contribution in [1.82, 2.24) is 10.6 Å². The lowest BCUT2D eigenvalue weighted by Gasteiger charge is -2.18. The van der Waals surface area contributed by atoms with Crippen molar-refractivity contribution in [2.45, 2.75) is 31.3 Å². The fraction of sp³-hybridized carbons (Fsp3) is 0.500. The Morgan fingerprint density at radius 1 is 1.56 bits per heavy atom. The first kappa shape index (κ1) is 12.6. The van der Waals surface area contributed by atoms with Crippen LogP contribution in [-0.4, -0.2) is 35.1 Å². The van der Waals surface area contributed by atoms with Crippen LogP contribution in [0, 0.1) is 0 Å². The van der Waals surface area contributed by atoms with Gasteiger partial charge < -0.3 is 20.2 Å². The lowest BCUT2D eigenvalue weighted by Crippen LogP contribution is -2.50. The molecule has 2 amide bonds. The number of carbonyl (C=O) groups is 2. The van der Waals surface area contributed by atoms with Gasteiger partial charge in [0.2, 0.25) is 5.91 Å². The van der Waals surface area contributed by atoms with Crippen LogP contribution < -0.4 is 10.6 Å². The van der Waals surface area contributed by atoms with Crippen molar-refractivity contribution in [3.8, 4) is 0 Å². The lowest BCUT2D eigenvalue weighted by molar-refractivity contribution is -0.123. The third-order valence-electron chi connectivity index (χ3n) is 3.03. The normalized spacial score (nSPS) is 17.9. The van der Waals surface area contributed by atoms with Crippen LogP contribution in [0.15, 0.2) is 22.8 Å². The predicted molar refractivity (Wildman–Crippen MR) is 62.8 cm³/mol. The summed E-state index contributed by atoms with van der Waals surface area (Å²) in [5.74, 6) is -0.573. The molecule has 0 spiro atoms. The van der Waals surface area contributed by atoms with Crippen molar-refractivity contribution in [3.05, 3.63) is 24.2 Å². The molecule has 1 unspecified atom stereocenters. The number of aliphatic hydroxyl groups is 1. The van der Waals surface area contributed by atoms with Crippen molar-refractivity contribution in [2.24, 2.45) is 0 Å². The Kier molecular flexibility index (Phi) is 3.38. The van der Waals surface area contributed by atoms with E-state index in [0.717, 1.165) is 12.8 Å². The molecule has 1 atom stereocenters. The number of rotatable bonds is 5. The smallest absolute Gasteiger partial charge is 0.287 e. The first-order chi connectivity index (χ1) is 8.56. The van der Waals surface area contributed by atoms with Crippen molar-refractivity contribution in [2.75, 3.05) is 6.61 Å². The van der Waals surface area contributed by atoms with Gasteiger partial charge in [0.1, 0.15) is 6.04 Å². The molecule has 1 aliphatic carbocycles. The molecule has 1 aromatic heterocycles. The summed E-state index contributed by atoms with van der Waals surface area (Å²) in [5, 5.41) is 14.4. The zero-order valence-corrected chi connectivity index (χ0v) is 10.1. The van der Waals surface area contributed by atoms with Gasteiger partial charge in [0, 0.05) is 0 Å². The van der Waals surface area contributed by atoms with Crippen molar-refractivity contribution in [1.29, 1.82) is 0 Å². The van der Waals surface area contributed by atoms with Gasteiger partial charge in [-0.25, -0.2) is 0 Å². The maximum Gasteiger partial charge on any atom is 0.287 e. The zero-order valence-electron chi connectivity index (χ0n) is 10.1.